The van der Waals surface area contributed by atoms with Gasteiger partial charge in [0.25, 0.3) is 0 Å². The molecule has 1 N–H and O–H groups in total. The van der Waals surface area contributed by atoms with Crippen LogP contribution >= 0.6 is 12.2 Å². The van der Waals surface area contributed by atoms with Crippen LogP contribution in [0.25, 0.3) is 0 Å². The fraction of sp³-hybridized carbons (Fsp3) is 0.533. The average molecular weight is 294 g/mol. The van der Waals surface area contributed by atoms with Crippen LogP contribution in [0.3, 0.4) is 0 Å². The molecule has 3 atom stereocenters. The van der Waals surface area contributed by atoms with E-state index in [9.17, 15) is 4.39 Å². The lowest BCUT2D eigenvalue weighted by molar-refractivity contribution is -0.0841. The molecule has 0 spiro atoms. The number of benzene rings is 1. The molecule has 0 amide bonds. The van der Waals surface area contributed by atoms with Crippen molar-refractivity contribution in [3.8, 4) is 5.75 Å². The number of fused-ring (bicyclic) bond motifs is 4. The van der Waals surface area contributed by atoms with Crippen molar-refractivity contribution in [2.24, 2.45) is 0 Å². The van der Waals surface area contributed by atoms with Gasteiger partial charge in [-0.25, -0.2) is 4.39 Å². The maximum atomic E-state index is 13.4. The van der Waals surface area contributed by atoms with E-state index in [2.05, 4.69) is 31.0 Å². The molecular formula is C15H19FN2OS. The van der Waals surface area contributed by atoms with Gasteiger partial charge in [-0.15, -0.1) is 0 Å². The molecule has 0 aliphatic carbocycles. The molecule has 0 radical (unpaired) electrons. The van der Waals surface area contributed by atoms with Crippen molar-refractivity contribution < 1.29 is 9.13 Å². The normalized spacial score (nSPS) is 29.3. The first-order valence-corrected chi connectivity index (χ1v) is 7.43. The summed E-state index contributed by atoms with van der Waals surface area (Å²) in [5, 5.41) is 4.02. The summed E-state index contributed by atoms with van der Waals surface area (Å²) in [6, 6.07) is 5.00. The highest BCUT2D eigenvalue weighted by Gasteiger charge is 2.48. The Balaban J connectivity index is 2.04. The van der Waals surface area contributed by atoms with Crippen molar-refractivity contribution in [2.45, 2.75) is 51.4 Å². The van der Waals surface area contributed by atoms with Gasteiger partial charge in [0.15, 0.2) is 10.8 Å². The standard InChI is InChI=1S/C15H19FN2OS/c1-4-9(2)18-14(20)17-12-8-15(18,3)19-13-6-5-10(16)7-11(12)13/h5-7,9,12H,4,8H2,1-3H3,(H,17,20). The Kier molecular flexibility index (Phi) is 3.12. The Labute approximate surface area is 124 Å². The Hall–Kier alpha value is -1.36. The molecule has 5 heteroatoms. The van der Waals surface area contributed by atoms with Crippen LogP contribution in [0.15, 0.2) is 18.2 Å². The van der Waals surface area contributed by atoms with Crippen molar-refractivity contribution in [2.75, 3.05) is 0 Å². The average Bonchev–Trinajstić information content (AvgIpc) is 2.38. The molecule has 2 bridgehead atoms. The molecule has 3 rings (SSSR count). The summed E-state index contributed by atoms with van der Waals surface area (Å²) in [5.74, 6) is 0.501. The lowest BCUT2D eigenvalue weighted by atomic mass is 9.89. The number of thiocarbonyl (C=S) groups is 1. The number of rotatable bonds is 2. The molecular weight excluding hydrogens is 275 g/mol. The molecule has 1 aromatic carbocycles. The predicted molar refractivity (Wildman–Crippen MR) is 80.1 cm³/mol. The third kappa shape index (κ3) is 1.95. The highest BCUT2D eigenvalue weighted by atomic mass is 32.1. The van der Waals surface area contributed by atoms with E-state index >= 15 is 0 Å². The van der Waals surface area contributed by atoms with Gasteiger partial charge in [0, 0.05) is 18.0 Å². The van der Waals surface area contributed by atoms with Gasteiger partial charge in [-0.05, 0) is 50.7 Å². The van der Waals surface area contributed by atoms with Gasteiger partial charge in [-0.2, -0.15) is 0 Å². The smallest absolute Gasteiger partial charge is 0.184 e. The van der Waals surface area contributed by atoms with Gasteiger partial charge >= 0.3 is 0 Å². The van der Waals surface area contributed by atoms with E-state index in [0.29, 0.717) is 11.2 Å². The summed E-state index contributed by atoms with van der Waals surface area (Å²) >= 11 is 5.50. The van der Waals surface area contributed by atoms with Crippen LogP contribution in [0.1, 0.15) is 45.2 Å². The van der Waals surface area contributed by atoms with Crippen LogP contribution < -0.4 is 10.1 Å². The summed E-state index contributed by atoms with van der Waals surface area (Å²) in [4.78, 5) is 2.13. The van der Waals surface area contributed by atoms with E-state index in [1.807, 2.05) is 0 Å². The maximum Gasteiger partial charge on any atom is 0.184 e. The Morgan fingerprint density at radius 3 is 3.05 bits per heavy atom. The van der Waals surface area contributed by atoms with Crippen LogP contribution in [0.2, 0.25) is 0 Å². The number of hydrogen-bond acceptors (Lipinski definition) is 2. The molecule has 1 saturated heterocycles. The third-order valence-corrected chi connectivity index (χ3v) is 4.63. The molecule has 108 valence electrons. The van der Waals surface area contributed by atoms with Gasteiger partial charge in [0.2, 0.25) is 0 Å². The maximum absolute atomic E-state index is 13.4. The van der Waals surface area contributed by atoms with Crippen LogP contribution in [-0.4, -0.2) is 21.8 Å². The quantitative estimate of drug-likeness (QED) is 0.845. The van der Waals surface area contributed by atoms with Crippen LogP contribution in [0, 0.1) is 5.82 Å². The number of nitrogens with zero attached hydrogens (tertiary/aromatic N) is 1. The zero-order valence-electron chi connectivity index (χ0n) is 11.9. The minimum absolute atomic E-state index is 0.0206. The Morgan fingerprint density at radius 2 is 2.35 bits per heavy atom. The summed E-state index contributed by atoms with van der Waals surface area (Å²) in [6.07, 6.45) is 1.75. The van der Waals surface area contributed by atoms with Crippen LogP contribution in [0.4, 0.5) is 4.39 Å². The fourth-order valence-electron chi connectivity index (χ4n) is 3.21. The van der Waals surface area contributed by atoms with Gasteiger partial charge in [0.05, 0.1) is 6.04 Å². The highest BCUT2D eigenvalue weighted by molar-refractivity contribution is 7.80. The van der Waals surface area contributed by atoms with E-state index in [1.165, 1.54) is 12.1 Å². The topological polar surface area (TPSA) is 24.5 Å². The number of halogens is 1. The van der Waals surface area contributed by atoms with Crippen molar-refractivity contribution in [3.05, 3.63) is 29.6 Å². The first kappa shape index (κ1) is 13.6. The molecule has 1 fully saturated rings. The van der Waals surface area contributed by atoms with Crippen molar-refractivity contribution in [1.29, 1.82) is 0 Å². The van der Waals surface area contributed by atoms with E-state index in [-0.39, 0.29) is 11.9 Å². The molecule has 0 saturated carbocycles. The second kappa shape index (κ2) is 4.58. The Morgan fingerprint density at radius 1 is 1.60 bits per heavy atom. The summed E-state index contributed by atoms with van der Waals surface area (Å²) < 4.78 is 19.6. The summed E-state index contributed by atoms with van der Waals surface area (Å²) in [5.41, 5.74) is 0.390. The fourth-order valence-corrected chi connectivity index (χ4v) is 3.73. The number of nitrogens with one attached hydrogen (secondary N) is 1. The second-order valence-corrected chi connectivity index (χ2v) is 6.18. The first-order chi connectivity index (χ1) is 9.44. The van der Waals surface area contributed by atoms with Gasteiger partial charge < -0.3 is 15.0 Å². The van der Waals surface area contributed by atoms with Gasteiger partial charge in [-0.3, -0.25) is 0 Å². The summed E-state index contributed by atoms with van der Waals surface area (Å²) in [7, 11) is 0. The van der Waals surface area contributed by atoms with E-state index in [4.69, 9.17) is 17.0 Å². The molecule has 2 aliphatic heterocycles. The van der Waals surface area contributed by atoms with Gasteiger partial charge in [-0.1, -0.05) is 6.92 Å². The molecule has 3 unspecified atom stereocenters. The predicted octanol–water partition coefficient (Wildman–Crippen LogP) is 3.35. The van der Waals surface area contributed by atoms with Crippen molar-refractivity contribution >= 4 is 17.3 Å². The number of hydrogen-bond donors (Lipinski definition) is 1. The summed E-state index contributed by atoms with van der Waals surface area (Å²) in [6.45, 7) is 6.34. The van der Waals surface area contributed by atoms with E-state index in [0.717, 1.165) is 24.2 Å². The van der Waals surface area contributed by atoms with Crippen molar-refractivity contribution in [1.82, 2.24) is 10.2 Å². The largest absolute Gasteiger partial charge is 0.468 e. The Bertz CT molecular complexity index is 565. The molecule has 20 heavy (non-hydrogen) atoms. The molecule has 3 nitrogen and oxygen atoms in total. The van der Waals surface area contributed by atoms with Crippen LogP contribution in [0.5, 0.6) is 5.75 Å². The van der Waals surface area contributed by atoms with Gasteiger partial charge in [0.1, 0.15) is 11.6 Å². The minimum Gasteiger partial charge on any atom is -0.468 e. The molecule has 0 aromatic heterocycles. The number of ether oxygens (including phenoxy) is 1. The first-order valence-electron chi connectivity index (χ1n) is 7.03. The third-order valence-electron chi connectivity index (χ3n) is 4.32. The molecule has 2 heterocycles. The SMILES string of the molecule is CCC(C)N1C(=S)NC2CC1(C)Oc1ccc(F)cc12. The van der Waals surface area contributed by atoms with E-state index < -0.39 is 5.72 Å². The van der Waals surface area contributed by atoms with E-state index in [1.54, 1.807) is 6.07 Å². The zero-order chi connectivity index (χ0) is 14.5. The second-order valence-electron chi connectivity index (χ2n) is 5.79. The molecule has 1 aromatic rings. The highest BCUT2D eigenvalue weighted by Crippen LogP contribution is 2.45. The van der Waals surface area contributed by atoms with Crippen molar-refractivity contribution in [3.63, 3.8) is 0 Å². The van der Waals surface area contributed by atoms with Crippen LogP contribution in [-0.2, 0) is 0 Å². The lowest BCUT2D eigenvalue weighted by Crippen LogP contribution is -2.66. The molecule has 2 aliphatic rings. The minimum atomic E-state index is -0.465. The zero-order valence-corrected chi connectivity index (χ0v) is 12.8. The monoisotopic (exact) mass is 294 g/mol. The lowest BCUT2D eigenvalue weighted by Gasteiger charge is -2.54.